The molecule has 3 heteroatoms. The van der Waals surface area contributed by atoms with Crippen molar-refractivity contribution >= 4 is 6.29 Å². The summed E-state index contributed by atoms with van der Waals surface area (Å²) < 4.78 is 0. The number of H-pyrrole nitrogens is 1. The predicted molar refractivity (Wildman–Crippen MR) is 54.1 cm³/mol. The number of carbonyl (C=O) groups is 1. The number of aromatic nitrogens is 2. The van der Waals surface area contributed by atoms with Gasteiger partial charge in [0.1, 0.15) is 0 Å². The van der Waals surface area contributed by atoms with Gasteiger partial charge in [-0.3, -0.25) is 4.79 Å². The van der Waals surface area contributed by atoms with Crippen molar-refractivity contribution in [1.29, 1.82) is 0 Å². The van der Waals surface area contributed by atoms with Crippen LogP contribution in [0.3, 0.4) is 0 Å². The van der Waals surface area contributed by atoms with Gasteiger partial charge in [0.2, 0.25) is 0 Å². The van der Waals surface area contributed by atoms with Gasteiger partial charge in [0.05, 0.1) is 11.9 Å². The van der Waals surface area contributed by atoms with E-state index in [9.17, 15) is 4.79 Å². The molecule has 1 heterocycles. The van der Waals surface area contributed by atoms with E-state index in [1.807, 2.05) is 31.2 Å². The third-order valence-corrected chi connectivity index (χ3v) is 2.07. The number of aromatic amines is 1. The number of aldehydes is 1. The summed E-state index contributed by atoms with van der Waals surface area (Å²) in [6.07, 6.45) is 2.37. The lowest BCUT2D eigenvalue weighted by Gasteiger charge is -1.97. The van der Waals surface area contributed by atoms with E-state index in [-0.39, 0.29) is 0 Å². The Kier molecular flexibility index (Phi) is 2.14. The minimum absolute atomic E-state index is 0.362. The molecule has 0 aliphatic carbocycles. The zero-order valence-electron chi connectivity index (χ0n) is 7.82. The van der Waals surface area contributed by atoms with E-state index >= 15 is 0 Å². The summed E-state index contributed by atoms with van der Waals surface area (Å²) >= 11 is 0. The second kappa shape index (κ2) is 3.46. The Morgan fingerprint density at radius 3 is 2.57 bits per heavy atom. The molecular formula is C11H10N2O. The highest BCUT2D eigenvalue weighted by atomic mass is 16.1. The first-order valence-electron chi connectivity index (χ1n) is 4.37. The van der Waals surface area contributed by atoms with Gasteiger partial charge in [-0.1, -0.05) is 29.8 Å². The smallest absolute Gasteiger partial charge is 0.185 e. The van der Waals surface area contributed by atoms with Crippen LogP contribution >= 0.6 is 0 Å². The van der Waals surface area contributed by atoms with Crippen LogP contribution < -0.4 is 0 Å². The number of hydrogen-bond donors (Lipinski definition) is 1. The average molecular weight is 186 g/mol. The molecule has 0 fully saturated rings. The van der Waals surface area contributed by atoms with Crippen LogP contribution in [0.5, 0.6) is 0 Å². The van der Waals surface area contributed by atoms with E-state index in [0.717, 1.165) is 11.3 Å². The Morgan fingerprint density at radius 1 is 1.29 bits per heavy atom. The molecule has 0 atom stereocenters. The molecule has 0 aliphatic heterocycles. The van der Waals surface area contributed by atoms with Crippen molar-refractivity contribution in [2.24, 2.45) is 0 Å². The fourth-order valence-corrected chi connectivity index (χ4v) is 1.28. The number of carbonyl (C=O) groups excluding carboxylic acids is 1. The molecule has 14 heavy (non-hydrogen) atoms. The van der Waals surface area contributed by atoms with E-state index in [1.54, 1.807) is 6.20 Å². The number of benzene rings is 1. The summed E-state index contributed by atoms with van der Waals surface area (Å²) in [5, 5.41) is 0. The van der Waals surface area contributed by atoms with Crippen LogP contribution in [0.4, 0.5) is 0 Å². The number of imidazole rings is 1. The molecule has 2 rings (SSSR count). The number of hydrogen-bond acceptors (Lipinski definition) is 2. The molecular weight excluding hydrogens is 176 g/mol. The maximum Gasteiger partial charge on any atom is 0.185 e. The van der Waals surface area contributed by atoms with Crippen LogP contribution in [0, 0.1) is 6.92 Å². The van der Waals surface area contributed by atoms with Gasteiger partial charge in [-0.25, -0.2) is 4.98 Å². The monoisotopic (exact) mass is 186 g/mol. The van der Waals surface area contributed by atoms with Gasteiger partial charge >= 0.3 is 0 Å². The molecule has 1 N–H and O–H groups in total. The number of rotatable bonds is 2. The van der Waals surface area contributed by atoms with E-state index in [0.29, 0.717) is 12.1 Å². The second-order valence-electron chi connectivity index (χ2n) is 3.17. The maximum absolute atomic E-state index is 10.4. The molecule has 0 spiro atoms. The second-order valence-corrected chi connectivity index (χ2v) is 3.17. The van der Waals surface area contributed by atoms with Crippen LogP contribution in [0.15, 0.2) is 30.5 Å². The van der Waals surface area contributed by atoms with Crippen molar-refractivity contribution in [2.75, 3.05) is 0 Å². The molecule has 1 aromatic heterocycles. The lowest BCUT2D eigenvalue weighted by Crippen LogP contribution is -1.82. The van der Waals surface area contributed by atoms with Crippen molar-refractivity contribution < 1.29 is 4.79 Å². The highest BCUT2D eigenvalue weighted by Gasteiger charge is 2.01. The zero-order chi connectivity index (χ0) is 9.97. The van der Waals surface area contributed by atoms with E-state index in [4.69, 9.17) is 0 Å². The molecule has 0 saturated carbocycles. The lowest BCUT2D eigenvalue weighted by molar-refractivity contribution is 0.111. The van der Waals surface area contributed by atoms with Crippen molar-refractivity contribution in [1.82, 2.24) is 9.97 Å². The first-order valence-corrected chi connectivity index (χ1v) is 4.37. The van der Waals surface area contributed by atoms with E-state index in [2.05, 4.69) is 9.97 Å². The Balaban J connectivity index is 2.39. The summed E-state index contributed by atoms with van der Waals surface area (Å²) in [5.74, 6) is 0.362. The van der Waals surface area contributed by atoms with Gasteiger partial charge in [-0.2, -0.15) is 0 Å². The van der Waals surface area contributed by atoms with Crippen molar-refractivity contribution in [3.63, 3.8) is 0 Å². The van der Waals surface area contributed by atoms with Crippen molar-refractivity contribution in [3.8, 4) is 11.3 Å². The maximum atomic E-state index is 10.4. The minimum Gasteiger partial charge on any atom is -0.336 e. The van der Waals surface area contributed by atoms with Gasteiger partial charge < -0.3 is 4.98 Å². The average Bonchev–Trinajstić information content (AvgIpc) is 2.67. The molecule has 0 bridgehead atoms. The summed E-state index contributed by atoms with van der Waals surface area (Å²) in [5.41, 5.74) is 3.12. The molecule has 1 aromatic carbocycles. The van der Waals surface area contributed by atoms with E-state index < -0.39 is 0 Å². The van der Waals surface area contributed by atoms with Crippen LogP contribution in [0.2, 0.25) is 0 Å². The molecule has 0 radical (unpaired) electrons. The quantitative estimate of drug-likeness (QED) is 0.731. The Labute approximate surface area is 81.8 Å². The first-order chi connectivity index (χ1) is 6.79. The summed E-state index contributed by atoms with van der Waals surface area (Å²) in [4.78, 5) is 17.2. The number of nitrogens with zero attached hydrogens (tertiary/aromatic N) is 1. The topological polar surface area (TPSA) is 45.8 Å². The SMILES string of the molecule is Cc1ccc(-c2cnc(C=O)[nH]2)cc1. The highest BCUT2D eigenvalue weighted by Crippen LogP contribution is 2.16. The fourth-order valence-electron chi connectivity index (χ4n) is 1.28. The molecule has 2 aromatic rings. The summed E-state index contributed by atoms with van der Waals surface area (Å²) in [6.45, 7) is 2.04. The Morgan fingerprint density at radius 2 is 2.00 bits per heavy atom. The number of nitrogens with one attached hydrogen (secondary N) is 1. The van der Waals surface area contributed by atoms with Gasteiger partial charge in [-0.05, 0) is 12.5 Å². The molecule has 0 amide bonds. The molecule has 0 aliphatic rings. The standard InChI is InChI=1S/C11H10N2O/c1-8-2-4-9(5-3-8)10-6-12-11(7-14)13-10/h2-7H,1H3,(H,12,13). The third-order valence-electron chi connectivity index (χ3n) is 2.07. The third kappa shape index (κ3) is 1.57. The minimum atomic E-state index is 0.362. The zero-order valence-corrected chi connectivity index (χ0v) is 7.82. The Bertz CT molecular complexity index is 443. The van der Waals surface area contributed by atoms with Gasteiger partial charge in [0.15, 0.2) is 12.1 Å². The summed E-state index contributed by atoms with van der Waals surface area (Å²) in [7, 11) is 0. The first kappa shape index (κ1) is 8.69. The molecule has 70 valence electrons. The van der Waals surface area contributed by atoms with Crippen molar-refractivity contribution in [2.45, 2.75) is 6.92 Å². The summed E-state index contributed by atoms with van der Waals surface area (Å²) in [6, 6.07) is 8.04. The van der Waals surface area contributed by atoms with Crippen molar-refractivity contribution in [3.05, 3.63) is 41.9 Å². The van der Waals surface area contributed by atoms with Gasteiger partial charge in [-0.15, -0.1) is 0 Å². The normalized spacial score (nSPS) is 10.1. The molecule has 0 saturated heterocycles. The van der Waals surface area contributed by atoms with E-state index in [1.165, 1.54) is 5.56 Å². The van der Waals surface area contributed by atoms with Crippen LogP contribution in [0.25, 0.3) is 11.3 Å². The molecule has 3 nitrogen and oxygen atoms in total. The molecule has 0 unspecified atom stereocenters. The number of aryl methyl sites for hydroxylation is 1. The highest BCUT2D eigenvalue weighted by molar-refractivity contribution is 5.71. The van der Waals surface area contributed by atoms with Gasteiger partial charge in [0.25, 0.3) is 0 Å². The fraction of sp³-hybridized carbons (Fsp3) is 0.0909. The van der Waals surface area contributed by atoms with Crippen LogP contribution in [0.1, 0.15) is 16.2 Å². The largest absolute Gasteiger partial charge is 0.336 e. The van der Waals surface area contributed by atoms with Gasteiger partial charge in [0, 0.05) is 0 Å². The predicted octanol–water partition coefficient (Wildman–Crippen LogP) is 2.20. The van der Waals surface area contributed by atoms with Crippen LogP contribution in [-0.4, -0.2) is 16.3 Å². The lowest BCUT2D eigenvalue weighted by atomic mass is 10.1. The Hall–Kier alpha value is -1.90. The van der Waals surface area contributed by atoms with Crippen LogP contribution in [-0.2, 0) is 0 Å².